The number of fused-ring (bicyclic) bond motifs is 1. The first-order valence-corrected chi connectivity index (χ1v) is 7.05. The predicted molar refractivity (Wildman–Crippen MR) is 78.8 cm³/mol. The Morgan fingerprint density at radius 1 is 1.15 bits per heavy atom. The normalized spacial score (nSPS) is 16.8. The number of nitrogen functional groups attached to an aromatic ring is 1. The Morgan fingerprint density at radius 3 is 2.40 bits per heavy atom. The molecular formula is C14H15BrN2O3. The smallest absolute Gasteiger partial charge is 0.229 e. The molecule has 2 N–H and O–H groups in total. The zero-order valence-electron chi connectivity index (χ0n) is 11.3. The van der Waals surface area contributed by atoms with Gasteiger partial charge in [-0.05, 0) is 12.1 Å². The molecule has 20 heavy (non-hydrogen) atoms. The molecule has 0 radical (unpaired) electrons. The number of benzene rings is 1. The third-order valence-electron chi connectivity index (χ3n) is 3.16. The molecule has 6 heteroatoms. The van der Waals surface area contributed by atoms with Crippen LogP contribution in [0, 0.1) is 5.41 Å². The van der Waals surface area contributed by atoms with Crippen LogP contribution in [0.15, 0.2) is 27.3 Å². The molecule has 2 heterocycles. The van der Waals surface area contributed by atoms with Crippen molar-refractivity contribution in [1.82, 2.24) is 5.16 Å². The third kappa shape index (κ3) is 2.35. The fraction of sp³-hybridized carbons (Fsp3) is 0.357. The number of nitrogens with two attached hydrogens (primary N) is 1. The molecule has 2 aromatic rings. The molecule has 1 aliphatic rings. The number of hydrogen-bond acceptors (Lipinski definition) is 5. The minimum atomic E-state index is -0.0259. The topological polar surface area (TPSA) is 70.5 Å². The van der Waals surface area contributed by atoms with E-state index < -0.39 is 0 Å². The van der Waals surface area contributed by atoms with Crippen molar-refractivity contribution in [3.8, 4) is 22.6 Å². The van der Waals surface area contributed by atoms with Gasteiger partial charge in [-0.3, -0.25) is 0 Å². The van der Waals surface area contributed by atoms with E-state index in [9.17, 15) is 0 Å². The van der Waals surface area contributed by atoms with Crippen molar-refractivity contribution in [3.63, 3.8) is 0 Å². The minimum Gasteiger partial charge on any atom is -0.489 e. The van der Waals surface area contributed by atoms with Crippen LogP contribution in [0.2, 0.25) is 0 Å². The van der Waals surface area contributed by atoms with Crippen molar-refractivity contribution in [2.45, 2.75) is 13.8 Å². The van der Waals surface area contributed by atoms with Crippen molar-refractivity contribution < 1.29 is 14.0 Å². The van der Waals surface area contributed by atoms with Gasteiger partial charge in [0.2, 0.25) is 5.88 Å². The third-order valence-corrected chi connectivity index (χ3v) is 3.81. The van der Waals surface area contributed by atoms with Gasteiger partial charge < -0.3 is 19.7 Å². The number of nitrogens with zero attached hydrogens (tertiary/aromatic N) is 1. The van der Waals surface area contributed by atoms with Gasteiger partial charge in [-0.15, -0.1) is 0 Å². The number of halogens is 1. The summed E-state index contributed by atoms with van der Waals surface area (Å²) in [6, 6.07) is 3.78. The van der Waals surface area contributed by atoms with E-state index in [-0.39, 0.29) is 11.3 Å². The lowest BCUT2D eigenvalue weighted by Crippen LogP contribution is -2.26. The van der Waals surface area contributed by atoms with Gasteiger partial charge >= 0.3 is 0 Å². The Morgan fingerprint density at radius 2 is 1.80 bits per heavy atom. The standard InChI is InChI=1S/C14H15BrN2O3/c1-14(2)6-18-11-3-8(9-5-17-20-13(9)16)10(15)4-12(11)19-7-14/h3-5H,6-7,16H2,1-2H3. The van der Waals surface area contributed by atoms with E-state index in [2.05, 4.69) is 34.9 Å². The molecule has 0 fully saturated rings. The second-order valence-corrected chi connectivity index (χ2v) is 6.48. The van der Waals surface area contributed by atoms with Crippen LogP contribution in [0.25, 0.3) is 11.1 Å². The molecule has 0 saturated carbocycles. The highest BCUT2D eigenvalue weighted by Crippen LogP contribution is 2.42. The van der Waals surface area contributed by atoms with E-state index in [4.69, 9.17) is 19.7 Å². The zero-order valence-corrected chi connectivity index (χ0v) is 12.9. The van der Waals surface area contributed by atoms with Crippen LogP contribution in [0.3, 0.4) is 0 Å². The maximum atomic E-state index is 5.86. The van der Waals surface area contributed by atoms with E-state index in [1.807, 2.05) is 12.1 Å². The van der Waals surface area contributed by atoms with Crippen LogP contribution in [0.4, 0.5) is 5.88 Å². The second-order valence-electron chi connectivity index (χ2n) is 5.62. The van der Waals surface area contributed by atoms with Crippen molar-refractivity contribution >= 4 is 21.8 Å². The average Bonchev–Trinajstić information content (AvgIpc) is 2.75. The molecule has 0 bridgehead atoms. The lowest BCUT2D eigenvalue weighted by molar-refractivity contribution is 0.140. The lowest BCUT2D eigenvalue weighted by Gasteiger charge is -2.19. The van der Waals surface area contributed by atoms with E-state index in [0.717, 1.165) is 21.3 Å². The summed E-state index contributed by atoms with van der Waals surface area (Å²) >= 11 is 3.52. The summed E-state index contributed by atoms with van der Waals surface area (Å²) in [6.45, 7) is 5.42. The molecule has 3 rings (SSSR count). The Kier molecular flexibility index (Phi) is 3.12. The van der Waals surface area contributed by atoms with Gasteiger partial charge in [-0.2, -0.15) is 0 Å². The maximum Gasteiger partial charge on any atom is 0.229 e. The molecule has 0 saturated heterocycles. The summed E-state index contributed by atoms with van der Waals surface area (Å²) in [5.41, 5.74) is 7.34. The van der Waals surface area contributed by atoms with Gasteiger partial charge in [-0.1, -0.05) is 34.9 Å². The van der Waals surface area contributed by atoms with Gasteiger partial charge in [0.05, 0.1) is 25.0 Å². The van der Waals surface area contributed by atoms with Crippen LogP contribution in [-0.2, 0) is 0 Å². The summed E-state index contributed by atoms with van der Waals surface area (Å²) < 4.78 is 17.4. The molecule has 106 valence electrons. The van der Waals surface area contributed by atoms with Crippen LogP contribution in [0.5, 0.6) is 11.5 Å². The van der Waals surface area contributed by atoms with Gasteiger partial charge in [-0.25, -0.2) is 0 Å². The van der Waals surface area contributed by atoms with Gasteiger partial charge in [0, 0.05) is 15.5 Å². The minimum absolute atomic E-state index is 0.0259. The van der Waals surface area contributed by atoms with Gasteiger partial charge in [0.1, 0.15) is 0 Å². The first-order valence-electron chi connectivity index (χ1n) is 6.26. The largest absolute Gasteiger partial charge is 0.489 e. The zero-order chi connectivity index (χ0) is 14.3. The number of hydrogen-bond donors (Lipinski definition) is 1. The molecule has 1 aromatic carbocycles. The average molecular weight is 339 g/mol. The molecule has 0 unspecified atom stereocenters. The van der Waals surface area contributed by atoms with E-state index in [1.165, 1.54) is 0 Å². The number of anilines is 1. The van der Waals surface area contributed by atoms with Crippen LogP contribution in [-0.4, -0.2) is 18.4 Å². The van der Waals surface area contributed by atoms with E-state index in [0.29, 0.717) is 19.0 Å². The fourth-order valence-corrected chi connectivity index (χ4v) is 2.54. The number of ether oxygens (including phenoxy) is 2. The van der Waals surface area contributed by atoms with E-state index in [1.54, 1.807) is 6.20 Å². The van der Waals surface area contributed by atoms with Crippen molar-refractivity contribution in [3.05, 3.63) is 22.8 Å². The summed E-state index contributed by atoms with van der Waals surface area (Å²) in [6.07, 6.45) is 1.59. The highest BCUT2D eigenvalue weighted by molar-refractivity contribution is 9.10. The summed E-state index contributed by atoms with van der Waals surface area (Å²) in [7, 11) is 0. The molecule has 1 aliphatic heterocycles. The Balaban J connectivity index is 2.05. The Bertz CT molecular complexity index is 652. The quantitative estimate of drug-likeness (QED) is 0.861. The summed E-state index contributed by atoms with van der Waals surface area (Å²) in [5.74, 6) is 1.70. The molecule has 0 spiro atoms. The van der Waals surface area contributed by atoms with Gasteiger partial charge in [0.25, 0.3) is 0 Å². The molecule has 0 amide bonds. The first kappa shape index (κ1) is 13.3. The SMILES string of the molecule is CC1(C)COc2cc(Br)c(-c3cnoc3N)cc2OC1. The molecule has 5 nitrogen and oxygen atoms in total. The number of aromatic nitrogens is 1. The summed E-state index contributed by atoms with van der Waals surface area (Å²) in [5, 5.41) is 3.70. The van der Waals surface area contributed by atoms with Crippen LogP contribution >= 0.6 is 15.9 Å². The van der Waals surface area contributed by atoms with Gasteiger partial charge in [0.15, 0.2) is 11.5 Å². The first-order chi connectivity index (χ1) is 9.46. The molecule has 0 atom stereocenters. The van der Waals surface area contributed by atoms with Crippen molar-refractivity contribution in [2.24, 2.45) is 5.41 Å². The van der Waals surface area contributed by atoms with Crippen molar-refractivity contribution in [1.29, 1.82) is 0 Å². The van der Waals surface area contributed by atoms with E-state index >= 15 is 0 Å². The second kappa shape index (κ2) is 4.70. The molecular weight excluding hydrogens is 324 g/mol. The molecule has 1 aromatic heterocycles. The van der Waals surface area contributed by atoms with Crippen LogP contribution < -0.4 is 15.2 Å². The Hall–Kier alpha value is -1.69. The number of rotatable bonds is 1. The lowest BCUT2D eigenvalue weighted by atomic mass is 9.97. The highest BCUT2D eigenvalue weighted by Gasteiger charge is 2.26. The Labute approximate surface area is 125 Å². The summed E-state index contributed by atoms with van der Waals surface area (Å²) in [4.78, 5) is 0. The highest BCUT2D eigenvalue weighted by atomic mass is 79.9. The molecule has 0 aliphatic carbocycles. The monoisotopic (exact) mass is 338 g/mol. The predicted octanol–water partition coefficient (Wildman–Crippen LogP) is 3.48. The van der Waals surface area contributed by atoms with Crippen LogP contribution in [0.1, 0.15) is 13.8 Å². The fourth-order valence-electron chi connectivity index (χ4n) is 2.01. The maximum absolute atomic E-state index is 5.86. The van der Waals surface area contributed by atoms with Crippen molar-refractivity contribution in [2.75, 3.05) is 18.9 Å².